The van der Waals surface area contributed by atoms with E-state index < -0.39 is 17.4 Å². The highest BCUT2D eigenvalue weighted by atomic mass is 79.9. The number of ketones is 1. The monoisotopic (exact) mass is 362 g/mol. The molecule has 110 valence electrons. The maximum atomic E-state index is 13.6. The molecule has 0 atom stereocenters. The molecule has 0 unspecified atom stereocenters. The van der Waals surface area contributed by atoms with E-state index in [0.717, 1.165) is 22.3 Å². The summed E-state index contributed by atoms with van der Waals surface area (Å²) in [5.41, 5.74) is 1.23. The molecule has 0 aliphatic rings. The molecule has 6 heteroatoms. The lowest BCUT2D eigenvalue weighted by atomic mass is 10.1. The smallest absolute Gasteiger partial charge is 0.188 e. The van der Waals surface area contributed by atoms with Gasteiger partial charge in [0.15, 0.2) is 5.78 Å². The summed E-state index contributed by atoms with van der Waals surface area (Å²) in [6.45, 7) is 0. The van der Waals surface area contributed by atoms with Gasteiger partial charge in [-0.25, -0.2) is 13.8 Å². The van der Waals surface area contributed by atoms with Gasteiger partial charge in [0, 0.05) is 16.7 Å². The average Bonchev–Trinajstić information content (AvgIpc) is 2.87. The molecule has 0 bridgehead atoms. The van der Waals surface area contributed by atoms with Crippen molar-refractivity contribution >= 4 is 33.4 Å². The Hall–Kier alpha value is -2.34. The van der Waals surface area contributed by atoms with Gasteiger partial charge < -0.3 is 0 Å². The van der Waals surface area contributed by atoms with Crippen LogP contribution >= 0.6 is 15.9 Å². The molecule has 0 radical (unpaired) electrons. The number of carbonyl (C=O) groups is 1. The number of hydrogen-bond acceptors (Lipinski definition) is 2. The number of pyridine rings is 1. The summed E-state index contributed by atoms with van der Waals surface area (Å²) in [4.78, 5) is 16.2. The second-order valence-electron chi connectivity index (χ2n) is 4.58. The lowest BCUT2D eigenvalue weighted by molar-refractivity contribution is 0.104. The normalized spacial score (nSPS) is 11.4. The van der Waals surface area contributed by atoms with Gasteiger partial charge in [-0.2, -0.15) is 0 Å². The number of hydrogen-bond donors (Lipinski definition) is 0. The number of aromatic nitrogens is 2. The van der Waals surface area contributed by atoms with Gasteiger partial charge in [0.05, 0.1) is 17.5 Å². The van der Waals surface area contributed by atoms with Gasteiger partial charge in [0.25, 0.3) is 0 Å². The number of imidazole rings is 1. The molecule has 3 aromatic rings. The van der Waals surface area contributed by atoms with Crippen LogP contribution in [-0.4, -0.2) is 15.2 Å². The SMILES string of the molecule is O=C(/C=C/c1cnc2ccc(Br)cn12)c1ccc(F)cc1F. The standard InChI is InChI=1S/C16H9BrF2N2O/c17-10-1-6-16-20-8-12(21(16)9-10)3-5-15(22)13-4-2-11(18)7-14(13)19/h1-9H/b5-3+. The zero-order valence-corrected chi connectivity index (χ0v) is 12.7. The Morgan fingerprint density at radius 3 is 2.82 bits per heavy atom. The maximum Gasteiger partial charge on any atom is 0.188 e. The van der Waals surface area contributed by atoms with Crippen molar-refractivity contribution < 1.29 is 13.6 Å². The minimum Gasteiger partial charge on any atom is -0.299 e. The molecule has 0 aliphatic heterocycles. The van der Waals surface area contributed by atoms with E-state index >= 15 is 0 Å². The van der Waals surface area contributed by atoms with E-state index in [1.165, 1.54) is 12.2 Å². The summed E-state index contributed by atoms with van der Waals surface area (Å²) in [6, 6.07) is 6.54. The molecule has 22 heavy (non-hydrogen) atoms. The summed E-state index contributed by atoms with van der Waals surface area (Å²) >= 11 is 3.36. The van der Waals surface area contributed by atoms with Gasteiger partial charge in [0.2, 0.25) is 0 Å². The van der Waals surface area contributed by atoms with Crippen molar-refractivity contribution in [2.75, 3.05) is 0 Å². The number of benzene rings is 1. The largest absolute Gasteiger partial charge is 0.299 e. The maximum absolute atomic E-state index is 13.6. The first-order chi connectivity index (χ1) is 10.5. The summed E-state index contributed by atoms with van der Waals surface area (Å²) in [5, 5.41) is 0. The first-order valence-electron chi connectivity index (χ1n) is 6.35. The molecule has 1 aromatic carbocycles. The molecule has 3 rings (SSSR count). The third-order valence-electron chi connectivity index (χ3n) is 3.10. The fourth-order valence-corrected chi connectivity index (χ4v) is 2.37. The van der Waals surface area contributed by atoms with Gasteiger partial charge in [-0.3, -0.25) is 9.20 Å². The van der Waals surface area contributed by atoms with Crippen LogP contribution in [0, 0.1) is 11.6 Å². The van der Waals surface area contributed by atoms with E-state index in [0.29, 0.717) is 11.8 Å². The van der Waals surface area contributed by atoms with E-state index in [4.69, 9.17) is 0 Å². The highest BCUT2D eigenvalue weighted by Crippen LogP contribution is 2.15. The number of allylic oxidation sites excluding steroid dienone is 1. The summed E-state index contributed by atoms with van der Waals surface area (Å²) in [6.07, 6.45) is 6.19. The van der Waals surface area contributed by atoms with Crippen LogP contribution in [0.3, 0.4) is 0 Å². The molecule has 0 N–H and O–H groups in total. The molecular formula is C16H9BrF2N2O. The van der Waals surface area contributed by atoms with Crippen molar-refractivity contribution in [1.82, 2.24) is 9.38 Å². The molecule has 2 aromatic heterocycles. The van der Waals surface area contributed by atoms with Crippen LogP contribution in [0.4, 0.5) is 8.78 Å². The molecule has 0 saturated carbocycles. The Morgan fingerprint density at radius 2 is 2.05 bits per heavy atom. The van der Waals surface area contributed by atoms with Crippen LogP contribution in [0.25, 0.3) is 11.7 Å². The highest BCUT2D eigenvalue weighted by molar-refractivity contribution is 9.10. The minimum absolute atomic E-state index is 0.173. The topological polar surface area (TPSA) is 34.4 Å². The van der Waals surface area contributed by atoms with Crippen LogP contribution < -0.4 is 0 Å². The first kappa shape index (κ1) is 14.6. The highest BCUT2D eigenvalue weighted by Gasteiger charge is 2.10. The Kier molecular flexibility index (Phi) is 3.85. The van der Waals surface area contributed by atoms with Crippen molar-refractivity contribution in [1.29, 1.82) is 0 Å². The van der Waals surface area contributed by atoms with Gasteiger partial charge in [-0.1, -0.05) is 0 Å². The van der Waals surface area contributed by atoms with Crippen molar-refractivity contribution in [2.45, 2.75) is 0 Å². The van der Waals surface area contributed by atoms with Crippen molar-refractivity contribution in [3.05, 3.63) is 76.2 Å². The fourth-order valence-electron chi connectivity index (χ4n) is 2.04. The number of carbonyl (C=O) groups excluding carboxylic acids is 1. The zero-order chi connectivity index (χ0) is 15.7. The van der Waals surface area contributed by atoms with Gasteiger partial charge >= 0.3 is 0 Å². The van der Waals surface area contributed by atoms with Crippen LogP contribution in [0.5, 0.6) is 0 Å². The van der Waals surface area contributed by atoms with Gasteiger partial charge in [-0.05, 0) is 52.3 Å². The van der Waals surface area contributed by atoms with E-state index in [9.17, 15) is 13.6 Å². The number of nitrogens with zero attached hydrogens (tertiary/aromatic N) is 2. The lowest BCUT2D eigenvalue weighted by Crippen LogP contribution is -1.99. The van der Waals surface area contributed by atoms with E-state index in [2.05, 4.69) is 20.9 Å². The van der Waals surface area contributed by atoms with E-state index in [1.807, 2.05) is 18.3 Å². The van der Waals surface area contributed by atoms with E-state index in [-0.39, 0.29) is 5.56 Å². The molecule has 2 heterocycles. The third-order valence-corrected chi connectivity index (χ3v) is 3.57. The molecule has 0 aliphatic carbocycles. The molecule has 0 fully saturated rings. The van der Waals surface area contributed by atoms with Crippen molar-refractivity contribution in [2.24, 2.45) is 0 Å². The predicted octanol–water partition coefficient (Wildman–Crippen LogP) is 4.27. The van der Waals surface area contributed by atoms with Gasteiger partial charge in [-0.15, -0.1) is 0 Å². The van der Waals surface area contributed by atoms with Crippen LogP contribution in [0.15, 0.2) is 53.3 Å². The minimum atomic E-state index is -0.879. The Balaban J connectivity index is 1.92. The summed E-state index contributed by atoms with van der Waals surface area (Å²) in [5.74, 6) is -2.14. The Labute approximate surface area is 133 Å². The molecule has 0 amide bonds. The number of halogens is 3. The van der Waals surface area contributed by atoms with Crippen LogP contribution in [0.2, 0.25) is 0 Å². The lowest BCUT2D eigenvalue weighted by Gasteiger charge is -1.99. The predicted molar refractivity (Wildman–Crippen MR) is 82.6 cm³/mol. The van der Waals surface area contributed by atoms with Crippen LogP contribution in [-0.2, 0) is 0 Å². The second kappa shape index (κ2) is 5.81. The fraction of sp³-hybridized carbons (Fsp3) is 0. The van der Waals surface area contributed by atoms with Crippen molar-refractivity contribution in [3.8, 4) is 0 Å². The van der Waals surface area contributed by atoms with Crippen molar-refractivity contribution in [3.63, 3.8) is 0 Å². The average molecular weight is 363 g/mol. The Bertz CT molecular complexity index is 902. The number of rotatable bonds is 3. The first-order valence-corrected chi connectivity index (χ1v) is 7.14. The Morgan fingerprint density at radius 1 is 1.23 bits per heavy atom. The number of fused-ring (bicyclic) bond motifs is 1. The molecule has 0 spiro atoms. The van der Waals surface area contributed by atoms with Gasteiger partial charge in [0.1, 0.15) is 17.3 Å². The summed E-state index contributed by atoms with van der Waals surface area (Å²) < 4.78 is 29.1. The molecular weight excluding hydrogens is 354 g/mol. The third kappa shape index (κ3) is 2.82. The molecule has 0 saturated heterocycles. The van der Waals surface area contributed by atoms with E-state index in [1.54, 1.807) is 10.6 Å². The summed E-state index contributed by atoms with van der Waals surface area (Å²) in [7, 11) is 0. The quantitative estimate of drug-likeness (QED) is 0.515. The molecule has 3 nitrogen and oxygen atoms in total. The second-order valence-corrected chi connectivity index (χ2v) is 5.50. The van der Waals surface area contributed by atoms with Crippen LogP contribution in [0.1, 0.15) is 16.1 Å². The zero-order valence-electron chi connectivity index (χ0n) is 11.1.